The smallest absolute Gasteiger partial charge is 0.164 e. The Hall–Kier alpha value is -3.47. The zero-order valence-electron chi connectivity index (χ0n) is 15.8. The van der Waals surface area contributed by atoms with E-state index in [1.807, 2.05) is 12.1 Å². The first kappa shape index (κ1) is 18.6. The topological polar surface area (TPSA) is 155 Å². The van der Waals surface area contributed by atoms with Crippen molar-refractivity contribution in [1.29, 1.82) is 0 Å². The van der Waals surface area contributed by atoms with Gasteiger partial charge in [-0.1, -0.05) is 0 Å². The number of aliphatic hydroxyl groups is 2. The molecule has 4 aromatic rings. The highest BCUT2D eigenvalue weighted by atomic mass is 16.6. The van der Waals surface area contributed by atoms with Gasteiger partial charge in [-0.15, -0.1) is 0 Å². The second-order valence-electron chi connectivity index (χ2n) is 7.17. The summed E-state index contributed by atoms with van der Waals surface area (Å²) in [6.45, 7) is 0.0405. The van der Waals surface area contributed by atoms with Crippen LogP contribution in [0.25, 0.3) is 21.9 Å². The second-order valence-corrected chi connectivity index (χ2v) is 7.17. The minimum Gasteiger partial charge on any atom is -0.491 e. The fourth-order valence-corrected chi connectivity index (χ4v) is 3.67. The number of nitrogens with two attached hydrogens (primary N) is 2. The number of ether oxygens (including phenoxy) is 2. The van der Waals surface area contributed by atoms with Crippen LogP contribution in [0.4, 0.5) is 11.6 Å². The lowest BCUT2D eigenvalue weighted by molar-refractivity contribution is -0.0471. The highest BCUT2D eigenvalue weighted by molar-refractivity contribution is 5.86. The van der Waals surface area contributed by atoms with Crippen LogP contribution in [0.15, 0.2) is 48.9 Å². The standard InChI is InChI=1S/C20H20N6O4/c21-15-4-2-10-1-3-11(7-13(10)25-15)29-8-14-16(27)17(28)20(30-14)26-6-5-12-18(22)23-9-24-19(12)26/h1-7,9,14,16-17,20,27-28H,8H2,(H2,21,25)(H2,22,23,24)/t14-,16-,17-,20-/m1/s1. The van der Waals surface area contributed by atoms with E-state index >= 15 is 0 Å². The minimum absolute atomic E-state index is 0.0405. The molecule has 1 fully saturated rings. The lowest BCUT2D eigenvalue weighted by Gasteiger charge is -2.17. The number of hydrogen-bond acceptors (Lipinski definition) is 9. The van der Waals surface area contributed by atoms with Crippen LogP contribution in [0.5, 0.6) is 5.75 Å². The van der Waals surface area contributed by atoms with Crippen LogP contribution in [0.1, 0.15) is 6.23 Å². The molecule has 0 aliphatic carbocycles. The zero-order valence-corrected chi connectivity index (χ0v) is 15.8. The van der Waals surface area contributed by atoms with Crippen molar-refractivity contribution < 1.29 is 19.7 Å². The van der Waals surface area contributed by atoms with Gasteiger partial charge in [-0.2, -0.15) is 0 Å². The number of aliphatic hydroxyl groups excluding tert-OH is 2. The van der Waals surface area contributed by atoms with Crippen molar-refractivity contribution in [3.8, 4) is 5.75 Å². The van der Waals surface area contributed by atoms with Gasteiger partial charge in [0, 0.05) is 17.6 Å². The van der Waals surface area contributed by atoms with E-state index in [-0.39, 0.29) is 6.61 Å². The molecule has 1 aromatic carbocycles. The minimum atomic E-state index is -1.16. The normalized spacial score (nSPS) is 23.9. The third-order valence-corrected chi connectivity index (χ3v) is 5.25. The van der Waals surface area contributed by atoms with Gasteiger partial charge in [-0.05, 0) is 30.3 Å². The summed E-state index contributed by atoms with van der Waals surface area (Å²) in [5, 5.41) is 22.6. The zero-order chi connectivity index (χ0) is 20.8. The maximum atomic E-state index is 10.5. The summed E-state index contributed by atoms with van der Waals surface area (Å²) < 4.78 is 13.3. The molecule has 0 bridgehead atoms. The Morgan fingerprint density at radius 2 is 1.90 bits per heavy atom. The van der Waals surface area contributed by atoms with Gasteiger partial charge >= 0.3 is 0 Å². The number of aromatic nitrogens is 4. The van der Waals surface area contributed by atoms with Gasteiger partial charge in [0.05, 0.1) is 10.9 Å². The molecule has 0 saturated carbocycles. The molecule has 0 radical (unpaired) electrons. The first-order valence-electron chi connectivity index (χ1n) is 9.39. The predicted octanol–water partition coefficient (Wildman–Crippen LogP) is 0.842. The van der Waals surface area contributed by atoms with Crippen molar-refractivity contribution in [3.05, 3.63) is 48.9 Å². The fraction of sp³-hybridized carbons (Fsp3) is 0.250. The summed E-state index contributed by atoms with van der Waals surface area (Å²) in [5.74, 6) is 1.31. The van der Waals surface area contributed by atoms with Gasteiger partial charge in [0.2, 0.25) is 0 Å². The average molecular weight is 408 g/mol. The van der Waals surface area contributed by atoms with Crippen LogP contribution < -0.4 is 16.2 Å². The number of anilines is 2. The first-order valence-corrected chi connectivity index (χ1v) is 9.39. The van der Waals surface area contributed by atoms with Gasteiger partial charge in [0.25, 0.3) is 0 Å². The molecule has 0 spiro atoms. The number of fused-ring (bicyclic) bond motifs is 2. The molecule has 0 amide bonds. The molecule has 1 saturated heterocycles. The highest BCUT2D eigenvalue weighted by Crippen LogP contribution is 2.33. The maximum absolute atomic E-state index is 10.5. The van der Waals surface area contributed by atoms with Crippen molar-refractivity contribution in [2.75, 3.05) is 18.1 Å². The molecule has 6 N–H and O–H groups in total. The van der Waals surface area contributed by atoms with Gasteiger partial charge < -0.3 is 35.7 Å². The molecular formula is C20H20N6O4. The van der Waals surface area contributed by atoms with Crippen LogP contribution in [0.3, 0.4) is 0 Å². The van der Waals surface area contributed by atoms with E-state index in [4.69, 9.17) is 20.9 Å². The van der Waals surface area contributed by atoms with Crippen molar-refractivity contribution >= 4 is 33.6 Å². The predicted molar refractivity (Wildman–Crippen MR) is 110 cm³/mol. The van der Waals surface area contributed by atoms with Crippen molar-refractivity contribution in [3.63, 3.8) is 0 Å². The monoisotopic (exact) mass is 408 g/mol. The summed E-state index contributed by atoms with van der Waals surface area (Å²) in [4.78, 5) is 12.4. The largest absolute Gasteiger partial charge is 0.491 e. The van der Waals surface area contributed by atoms with Crippen LogP contribution >= 0.6 is 0 Å². The van der Waals surface area contributed by atoms with Crippen LogP contribution in [0.2, 0.25) is 0 Å². The molecule has 10 nitrogen and oxygen atoms in total. The molecular weight excluding hydrogens is 388 g/mol. The molecule has 4 atom stereocenters. The third kappa shape index (κ3) is 3.07. The van der Waals surface area contributed by atoms with Gasteiger partial charge in [-0.25, -0.2) is 15.0 Å². The van der Waals surface area contributed by atoms with E-state index < -0.39 is 24.5 Å². The Balaban J connectivity index is 1.34. The Morgan fingerprint density at radius 1 is 1.07 bits per heavy atom. The number of pyridine rings is 1. The Kier molecular flexibility index (Phi) is 4.39. The van der Waals surface area contributed by atoms with Gasteiger partial charge in [-0.3, -0.25) is 0 Å². The quantitative estimate of drug-likeness (QED) is 0.384. The van der Waals surface area contributed by atoms with Crippen LogP contribution in [0, 0.1) is 0 Å². The summed E-state index contributed by atoms with van der Waals surface area (Å²) in [6.07, 6.45) is -0.847. The Bertz CT molecular complexity index is 1230. The van der Waals surface area contributed by atoms with E-state index in [1.165, 1.54) is 6.33 Å². The number of rotatable bonds is 4. The third-order valence-electron chi connectivity index (χ3n) is 5.25. The number of hydrogen-bond donors (Lipinski definition) is 4. The van der Waals surface area contributed by atoms with E-state index in [0.29, 0.717) is 33.9 Å². The van der Waals surface area contributed by atoms with Gasteiger partial charge in [0.1, 0.15) is 54.3 Å². The van der Waals surface area contributed by atoms with Crippen molar-refractivity contribution in [1.82, 2.24) is 19.5 Å². The number of nitrogen functional groups attached to an aromatic ring is 2. The summed E-state index contributed by atoms with van der Waals surface area (Å²) in [5.41, 5.74) is 12.8. The molecule has 3 aromatic heterocycles. The molecule has 5 rings (SSSR count). The van der Waals surface area contributed by atoms with E-state index in [1.54, 1.807) is 35.0 Å². The molecule has 4 heterocycles. The second kappa shape index (κ2) is 7.10. The maximum Gasteiger partial charge on any atom is 0.164 e. The lowest BCUT2D eigenvalue weighted by atomic mass is 10.1. The summed E-state index contributed by atoms with van der Waals surface area (Å²) in [7, 11) is 0. The molecule has 1 aliphatic rings. The molecule has 154 valence electrons. The number of benzene rings is 1. The highest BCUT2D eigenvalue weighted by Gasteiger charge is 2.44. The molecule has 1 aliphatic heterocycles. The van der Waals surface area contributed by atoms with E-state index in [2.05, 4.69) is 15.0 Å². The van der Waals surface area contributed by atoms with Crippen molar-refractivity contribution in [2.24, 2.45) is 0 Å². The SMILES string of the molecule is Nc1ccc2ccc(OC[C@H]3O[C@@H](n4ccc5c(N)ncnc54)[C@H](O)[C@@H]3O)cc2n1. The van der Waals surface area contributed by atoms with Crippen molar-refractivity contribution in [2.45, 2.75) is 24.5 Å². The van der Waals surface area contributed by atoms with Crippen LogP contribution in [-0.2, 0) is 4.74 Å². The summed E-state index contributed by atoms with van der Waals surface area (Å²) >= 11 is 0. The Morgan fingerprint density at radius 3 is 2.77 bits per heavy atom. The molecule has 0 unspecified atom stereocenters. The lowest BCUT2D eigenvalue weighted by Crippen LogP contribution is -2.34. The number of nitrogens with zero attached hydrogens (tertiary/aromatic N) is 4. The fourth-order valence-electron chi connectivity index (χ4n) is 3.67. The summed E-state index contributed by atoms with van der Waals surface area (Å²) in [6, 6.07) is 10.8. The molecule has 30 heavy (non-hydrogen) atoms. The average Bonchev–Trinajstić information content (AvgIpc) is 3.29. The first-order chi connectivity index (χ1) is 14.5. The van der Waals surface area contributed by atoms with E-state index in [0.717, 1.165) is 5.39 Å². The van der Waals surface area contributed by atoms with E-state index in [9.17, 15) is 10.2 Å². The Labute approximate surface area is 170 Å². The van der Waals surface area contributed by atoms with Crippen LogP contribution in [-0.4, -0.2) is 54.7 Å². The molecule has 10 heteroatoms. The van der Waals surface area contributed by atoms with Gasteiger partial charge in [0.15, 0.2) is 6.23 Å².